The summed E-state index contributed by atoms with van der Waals surface area (Å²) in [6, 6.07) is 16.3. The Morgan fingerprint density at radius 2 is 1.87 bits per heavy atom. The van der Waals surface area contributed by atoms with Crippen LogP contribution < -0.4 is 15.4 Å². The van der Waals surface area contributed by atoms with Gasteiger partial charge in [-0.3, -0.25) is 9.59 Å². The molecule has 1 fully saturated rings. The van der Waals surface area contributed by atoms with E-state index in [0.29, 0.717) is 18.1 Å². The Morgan fingerprint density at radius 1 is 1.07 bits per heavy atom. The van der Waals surface area contributed by atoms with E-state index in [1.807, 2.05) is 24.3 Å². The van der Waals surface area contributed by atoms with Crippen LogP contribution in [0.1, 0.15) is 34.7 Å². The third-order valence-corrected chi connectivity index (χ3v) is 4.68. The van der Waals surface area contributed by atoms with E-state index in [1.165, 1.54) is 24.3 Å². The SMILES string of the molecule is O=C(NCc1cccc(NC(=O)C2CC2)c1)c1ccc(COc2ccc(F)cc2)o1. The van der Waals surface area contributed by atoms with Crippen LogP contribution in [0.5, 0.6) is 5.75 Å². The number of rotatable bonds is 8. The first kappa shape index (κ1) is 19.7. The van der Waals surface area contributed by atoms with Gasteiger partial charge in [0.15, 0.2) is 5.76 Å². The molecule has 0 unspecified atom stereocenters. The molecule has 0 atom stereocenters. The highest BCUT2D eigenvalue weighted by Gasteiger charge is 2.29. The number of carbonyl (C=O) groups is 2. The van der Waals surface area contributed by atoms with Crippen LogP contribution in [0.2, 0.25) is 0 Å². The number of ether oxygens (including phenoxy) is 1. The summed E-state index contributed by atoms with van der Waals surface area (Å²) in [5.74, 6) is 0.647. The fourth-order valence-electron chi connectivity index (χ4n) is 2.88. The van der Waals surface area contributed by atoms with E-state index in [-0.39, 0.29) is 35.9 Å². The fourth-order valence-corrected chi connectivity index (χ4v) is 2.88. The Kier molecular flexibility index (Phi) is 5.79. The molecule has 2 amide bonds. The second kappa shape index (κ2) is 8.82. The zero-order chi connectivity index (χ0) is 20.9. The summed E-state index contributed by atoms with van der Waals surface area (Å²) in [5, 5.41) is 5.69. The van der Waals surface area contributed by atoms with Crippen LogP contribution >= 0.6 is 0 Å². The van der Waals surface area contributed by atoms with Crippen molar-refractivity contribution in [1.29, 1.82) is 0 Å². The van der Waals surface area contributed by atoms with Crippen LogP contribution in [-0.2, 0) is 17.9 Å². The maximum absolute atomic E-state index is 12.9. The summed E-state index contributed by atoms with van der Waals surface area (Å²) in [5.41, 5.74) is 1.58. The van der Waals surface area contributed by atoms with Gasteiger partial charge in [0.05, 0.1) is 0 Å². The molecule has 1 aliphatic carbocycles. The first-order valence-corrected chi connectivity index (χ1v) is 9.72. The minimum atomic E-state index is -0.351. The maximum atomic E-state index is 12.9. The summed E-state index contributed by atoms with van der Waals surface area (Å²) >= 11 is 0. The van der Waals surface area contributed by atoms with E-state index in [0.717, 1.165) is 24.1 Å². The third kappa shape index (κ3) is 5.26. The largest absolute Gasteiger partial charge is 0.486 e. The van der Waals surface area contributed by atoms with E-state index in [9.17, 15) is 14.0 Å². The molecule has 2 N–H and O–H groups in total. The van der Waals surface area contributed by atoms with E-state index in [4.69, 9.17) is 9.15 Å². The van der Waals surface area contributed by atoms with Gasteiger partial charge in [-0.2, -0.15) is 0 Å². The molecule has 4 rings (SSSR count). The van der Waals surface area contributed by atoms with Gasteiger partial charge in [0.2, 0.25) is 5.91 Å². The lowest BCUT2D eigenvalue weighted by Crippen LogP contribution is -2.22. The zero-order valence-corrected chi connectivity index (χ0v) is 16.2. The predicted molar refractivity (Wildman–Crippen MR) is 108 cm³/mol. The number of halogens is 1. The third-order valence-electron chi connectivity index (χ3n) is 4.68. The molecule has 6 nitrogen and oxygen atoms in total. The van der Waals surface area contributed by atoms with Gasteiger partial charge in [0, 0.05) is 18.2 Å². The van der Waals surface area contributed by atoms with E-state index < -0.39 is 0 Å². The molecule has 0 saturated heterocycles. The summed E-state index contributed by atoms with van der Waals surface area (Å²) in [6.07, 6.45) is 1.89. The molecule has 3 aromatic rings. The average Bonchev–Trinajstić information content (AvgIpc) is 3.50. The zero-order valence-electron chi connectivity index (χ0n) is 16.2. The van der Waals surface area contributed by atoms with Crippen LogP contribution in [-0.4, -0.2) is 11.8 Å². The van der Waals surface area contributed by atoms with Crippen LogP contribution in [0.3, 0.4) is 0 Å². The minimum Gasteiger partial charge on any atom is -0.486 e. The molecule has 1 heterocycles. The quantitative estimate of drug-likeness (QED) is 0.583. The number of nitrogens with one attached hydrogen (secondary N) is 2. The summed E-state index contributed by atoms with van der Waals surface area (Å²) in [4.78, 5) is 24.2. The molecule has 1 saturated carbocycles. The monoisotopic (exact) mass is 408 g/mol. The van der Waals surface area contributed by atoms with Gasteiger partial charge in [-0.25, -0.2) is 4.39 Å². The topological polar surface area (TPSA) is 80.6 Å². The highest BCUT2D eigenvalue weighted by atomic mass is 19.1. The Balaban J connectivity index is 1.28. The van der Waals surface area contributed by atoms with Gasteiger partial charge >= 0.3 is 0 Å². The predicted octanol–water partition coefficient (Wildman–Crippen LogP) is 4.28. The number of furan rings is 1. The lowest BCUT2D eigenvalue weighted by Gasteiger charge is -2.08. The standard InChI is InChI=1S/C23H21FN2O4/c24-17-6-8-19(9-7-17)29-14-20-10-11-21(30-20)23(28)25-13-15-2-1-3-18(12-15)26-22(27)16-4-5-16/h1-3,6-12,16H,4-5,13-14H2,(H,25,28)(H,26,27). The molecular weight excluding hydrogens is 387 g/mol. The molecule has 154 valence electrons. The van der Waals surface area contributed by atoms with Gasteiger partial charge in [0.1, 0.15) is 23.9 Å². The van der Waals surface area contributed by atoms with Crippen molar-refractivity contribution in [2.45, 2.75) is 26.0 Å². The smallest absolute Gasteiger partial charge is 0.287 e. The van der Waals surface area contributed by atoms with Crippen molar-refractivity contribution in [3.63, 3.8) is 0 Å². The van der Waals surface area contributed by atoms with Gasteiger partial charge < -0.3 is 19.8 Å². The number of hydrogen-bond donors (Lipinski definition) is 2. The van der Waals surface area contributed by atoms with Crippen LogP contribution in [0, 0.1) is 11.7 Å². The second-order valence-electron chi connectivity index (χ2n) is 7.16. The van der Waals surface area contributed by atoms with Gasteiger partial charge in [0.25, 0.3) is 5.91 Å². The Hall–Kier alpha value is -3.61. The van der Waals surface area contributed by atoms with Crippen molar-refractivity contribution in [2.24, 2.45) is 5.92 Å². The number of benzene rings is 2. The highest BCUT2D eigenvalue weighted by molar-refractivity contribution is 5.94. The molecule has 0 radical (unpaired) electrons. The Labute approximate surface area is 173 Å². The molecule has 1 aromatic heterocycles. The second-order valence-corrected chi connectivity index (χ2v) is 7.16. The number of anilines is 1. The summed E-state index contributed by atoms with van der Waals surface area (Å²) < 4.78 is 23.9. The number of hydrogen-bond acceptors (Lipinski definition) is 4. The normalized spacial score (nSPS) is 13.0. The minimum absolute atomic E-state index is 0.0437. The van der Waals surface area contributed by atoms with E-state index >= 15 is 0 Å². The van der Waals surface area contributed by atoms with Crippen molar-refractivity contribution >= 4 is 17.5 Å². The maximum Gasteiger partial charge on any atom is 0.287 e. The van der Waals surface area contributed by atoms with Crippen LogP contribution in [0.25, 0.3) is 0 Å². The van der Waals surface area contributed by atoms with Crippen molar-refractivity contribution in [1.82, 2.24) is 5.32 Å². The average molecular weight is 408 g/mol. The lowest BCUT2D eigenvalue weighted by molar-refractivity contribution is -0.117. The van der Waals surface area contributed by atoms with Gasteiger partial charge in [-0.05, 0) is 66.9 Å². The molecule has 30 heavy (non-hydrogen) atoms. The Morgan fingerprint density at radius 3 is 2.63 bits per heavy atom. The van der Waals surface area contributed by atoms with Gasteiger partial charge in [-0.15, -0.1) is 0 Å². The molecule has 1 aliphatic rings. The lowest BCUT2D eigenvalue weighted by atomic mass is 10.2. The first-order valence-electron chi connectivity index (χ1n) is 9.72. The Bertz CT molecular complexity index is 1040. The van der Waals surface area contributed by atoms with E-state index in [1.54, 1.807) is 12.1 Å². The molecule has 0 bridgehead atoms. The summed E-state index contributed by atoms with van der Waals surface area (Å²) in [6.45, 7) is 0.426. The summed E-state index contributed by atoms with van der Waals surface area (Å²) in [7, 11) is 0. The fraction of sp³-hybridized carbons (Fsp3) is 0.217. The number of amides is 2. The molecular formula is C23H21FN2O4. The first-order chi connectivity index (χ1) is 14.6. The van der Waals surface area contributed by atoms with E-state index in [2.05, 4.69) is 10.6 Å². The van der Waals surface area contributed by atoms with Crippen molar-refractivity contribution in [3.05, 3.63) is 83.6 Å². The number of carbonyl (C=O) groups excluding carboxylic acids is 2. The van der Waals surface area contributed by atoms with Crippen LogP contribution in [0.4, 0.5) is 10.1 Å². The molecule has 2 aromatic carbocycles. The highest BCUT2D eigenvalue weighted by Crippen LogP contribution is 2.30. The van der Waals surface area contributed by atoms with Crippen molar-refractivity contribution < 1.29 is 23.1 Å². The molecule has 0 aliphatic heterocycles. The van der Waals surface area contributed by atoms with Crippen LogP contribution in [0.15, 0.2) is 65.1 Å². The molecule has 7 heteroatoms. The van der Waals surface area contributed by atoms with Crippen molar-refractivity contribution in [3.8, 4) is 5.75 Å². The van der Waals surface area contributed by atoms with Gasteiger partial charge in [-0.1, -0.05) is 12.1 Å². The molecule has 0 spiro atoms. The van der Waals surface area contributed by atoms with Crippen molar-refractivity contribution in [2.75, 3.05) is 5.32 Å².